The molecule has 26 heavy (non-hydrogen) atoms. The number of hydrogen-bond donors (Lipinski definition) is 0. The number of likely N-dealkylation sites (tertiary alicyclic amines) is 2. The second-order valence-electron chi connectivity index (χ2n) is 8.28. The second kappa shape index (κ2) is 7.53. The van der Waals surface area contributed by atoms with Gasteiger partial charge in [-0.3, -0.25) is 4.90 Å². The Hall–Kier alpha value is -1.65. The van der Waals surface area contributed by atoms with Gasteiger partial charge in [-0.1, -0.05) is 30.3 Å². The van der Waals surface area contributed by atoms with Crippen LogP contribution >= 0.6 is 0 Å². The lowest BCUT2D eigenvalue weighted by Crippen LogP contribution is -2.50. The van der Waals surface area contributed by atoms with E-state index in [1.807, 2.05) is 6.20 Å². The van der Waals surface area contributed by atoms with E-state index in [-0.39, 0.29) is 0 Å². The SMILES string of the molecule is Cc1nccn1CCCN1CCC2(CC1)C[C@H](c1ccccc1)CN2C. The van der Waals surface area contributed by atoms with Gasteiger partial charge in [0.2, 0.25) is 0 Å². The molecule has 2 aliphatic heterocycles. The fourth-order valence-corrected chi connectivity index (χ4v) is 5.04. The molecule has 0 bridgehead atoms. The van der Waals surface area contributed by atoms with Gasteiger partial charge in [-0.25, -0.2) is 4.98 Å². The van der Waals surface area contributed by atoms with Gasteiger partial charge in [-0.2, -0.15) is 0 Å². The molecular formula is C22H32N4. The number of piperidine rings is 1. The van der Waals surface area contributed by atoms with E-state index in [9.17, 15) is 0 Å². The monoisotopic (exact) mass is 352 g/mol. The van der Waals surface area contributed by atoms with E-state index in [0.29, 0.717) is 11.5 Å². The van der Waals surface area contributed by atoms with Crippen LogP contribution in [0.25, 0.3) is 0 Å². The molecule has 2 fully saturated rings. The minimum Gasteiger partial charge on any atom is -0.335 e. The zero-order valence-electron chi connectivity index (χ0n) is 16.3. The van der Waals surface area contributed by atoms with E-state index < -0.39 is 0 Å². The number of hydrogen-bond acceptors (Lipinski definition) is 3. The van der Waals surface area contributed by atoms with Gasteiger partial charge >= 0.3 is 0 Å². The molecule has 1 atom stereocenters. The van der Waals surface area contributed by atoms with E-state index in [1.54, 1.807) is 0 Å². The molecule has 0 amide bonds. The summed E-state index contributed by atoms with van der Waals surface area (Å²) in [4.78, 5) is 9.65. The summed E-state index contributed by atoms with van der Waals surface area (Å²) in [7, 11) is 2.35. The third-order valence-electron chi connectivity index (χ3n) is 6.79. The van der Waals surface area contributed by atoms with Crippen LogP contribution < -0.4 is 0 Å². The van der Waals surface area contributed by atoms with E-state index >= 15 is 0 Å². The molecule has 1 aromatic carbocycles. The summed E-state index contributed by atoms with van der Waals surface area (Å²) in [5, 5.41) is 0. The number of nitrogens with zero attached hydrogens (tertiary/aromatic N) is 4. The molecule has 4 rings (SSSR count). The highest BCUT2D eigenvalue weighted by atomic mass is 15.2. The molecule has 4 heteroatoms. The average molecular weight is 353 g/mol. The molecule has 2 aliphatic rings. The molecule has 0 unspecified atom stereocenters. The predicted molar refractivity (Wildman–Crippen MR) is 106 cm³/mol. The van der Waals surface area contributed by atoms with Crippen LogP contribution in [-0.4, -0.2) is 58.1 Å². The first kappa shape index (κ1) is 17.7. The summed E-state index contributed by atoms with van der Waals surface area (Å²) in [5.41, 5.74) is 1.95. The number of imidazole rings is 1. The number of aromatic nitrogens is 2. The fraction of sp³-hybridized carbons (Fsp3) is 0.591. The zero-order chi connectivity index (χ0) is 18.0. The first-order valence-corrected chi connectivity index (χ1v) is 10.1. The van der Waals surface area contributed by atoms with Crippen molar-refractivity contribution in [1.29, 1.82) is 0 Å². The van der Waals surface area contributed by atoms with Crippen LogP contribution in [0.2, 0.25) is 0 Å². The van der Waals surface area contributed by atoms with E-state index in [0.717, 1.165) is 12.4 Å². The summed E-state index contributed by atoms with van der Waals surface area (Å²) in [6, 6.07) is 11.1. The molecule has 2 aromatic rings. The Morgan fingerprint density at radius 1 is 1.12 bits per heavy atom. The van der Waals surface area contributed by atoms with E-state index in [2.05, 4.69) is 69.9 Å². The van der Waals surface area contributed by atoms with Crippen molar-refractivity contribution >= 4 is 0 Å². The van der Waals surface area contributed by atoms with Gasteiger partial charge in [0.25, 0.3) is 0 Å². The van der Waals surface area contributed by atoms with Crippen LogP contribution in [0.3, 0.4) is 0 Å². The highest BCUT2D eigenvalue weighted by Crippen LogP contribution is 2.43. The van der Waals surface area contributed by atoms with Crippen LogP contribution in [0.15, 0.2) is 42.7 Å². The highest BCUT2D eigenvalue weighted by molar-refractivity contribution is 5.23. The Morgan fingerprint density at radius 2 is 1.88 bits per heavy atom. The summed E-state index contributed by atoms with van der Waals surface area (Å²) in [6.07, 6.45) is 9.17. The van der Waals surface area contributed by atoms with Gasteiger partial charge < -0.3 is 9.47 Å². The third-order valence-corrected chi connectivity index (χ3v) is 6.79. The summed E-state index contributed by atoms with van der Waals surface area (Å²) in [5.74, 6) is 1.83. The number of benzene rings is 1. The standard InChI is InChI=1S/C22H32N4/c1-19-23-11-16-26(19)13-6-12-25-14-9-22(10-15-25)17-21(18-24(22)2)20-7-4-3-5-8-20/h3-5,7-8,11,16,21H,6,9-10,12-15,17-18H2,1-2H3/t21-/m0/s1. The summed E-state index contributed by atoms with van der Waals surface area (Å²) in [6.45, 7) is 8.08. The van der Waals surface area contributed by atoms with Gasteiger partial charge in [0.15, 0.2) is 0 Å². The van der Waals surface area contributed by atoms with Gasteiger partial charge in [-0.15, -0.1) is 0 Å². The van der Waals surface area contributed by atoms with Crippen LogP contribution in [0.5, 0.6) is 0 Å². The van der Waals surface area contributed by atoms with Crippen LogP contribution in [0.1, 0.15) is 43.0 Å². The minimum atomic E-state index is 0.429. The molecule has 2 saturated heterocycles. The zero-order valence-corrected chi connectivity index (χ0v) is 16.3. The highest BCUT2D eigenvalue weighted by Gasteiger charge is 2.45. The quantitative estimate of drug-likeness (QED) is 0.823. The van der Waals surface area contributed by atoms with Crippen molar-refractivity contribution in [3.05, 3.63) is 54.1 Å². The van der Waals surface area contributed by atoms with Crippen molar-refractivity contribution in [2.24, 2.45) is 0 Å². The van der Waals surface area contributed by atoms with Crippen molar-refractivity contribution in [3.8, 4) is 0 Å². The normalized spacial score (nSPS) is 23.7. The molecule has 3 heterocycles. The molecule has 0 radical (unpaired) electrons. The van der Waals surface area contributed by atoms with Crippen molar-refractivity contribution in [1.82, 2.24) is 19.4 Å². The Balaban J connectivity index is 1.28. The fourth-order valence-electron chi connectivity index (χ4n) is 5.04. The lowest BCUT2D eigenvalue weighted by Gasteiger charge is -2.43. The molecule has 0 aliphatic carbocycles. The largest absolute Gasteiger partial charge is 0.335 e. The molecule has 1 aromatic heterocycles. The molecule has 1 spiro atoms. The topological polar surface area (TPSA) is 24.3 Å². The second-order valence-corrected chi connectivity index (χ2v) is 8.28. The third kappa shape index (κ3) is 3.58. The maximum absolute atomic E-state index is 4.31. The van der Waals surface area contributed by atoms with Crippen LogP contribution in [0, 0.1) is 6.92 Å². The number of aryl methyl sites for hydroxylation is 2. The lowest BCUT2D eigenvalue weighted by atomic mass is 9.81. The van der Waals surface area contributed by atoms with Crippen molar-refractivity contribution in [2.75, 3.05) is 33.2 Å². The van der Waals surface area contributed by atoms with Crippen LogP contribution in [-0.2, 0) is 6.54 Å². The van der Waals surface area contributed by atoms with Crippen molar-refractivity contribution in [3.63, 3.8) is 0 Å². The van der Waals surface area contributed by atoms with Crippen LogP contribution in [0.4, 0.5) is 0 Å². The smallest absolute Gasteiger partial charge is 0.105 e. The summed E-state index contributed by atoms with van der Waals surface area (Å²) >= 11 is 0. The number of likely N-dealkylation sites (N-methyl/N-ethyl adjacent to an activating group) is 1. The Kier molecular flexibility index (Phi) is 5.14. The minimum absolute atomic E-state index is 0.429. The number of rotatable bonds is 5. The molecule has 4 nitrogen and oxygen atoms in total. The molecular weight excluding hydrogens is 320 g/mol. The molecule has 0 N–H and O–H groups in total. The van der Waals surface area contributed by atoms with Gasteiger partial charge in [-0.05, 0) is 70.8 Å². The molecule has 140 valence electrons. The van der Waals surface area contributed by atoms with E-state index in [4.69, 9.17) is 0 Å². The van der Waals surface area contributed by atoms with Crippen molar-refractivity contribution < 1.29 is 0 Å². The summed E-state index contributed by atoms with van der Waals surface area (Å²) < 4.78 is 2.26. The van der Waals surface area contributed by atoms with Gasteiger partial charge in [0.05, 0.1) is 0 Å². The average Bonchev–Trinajstić information content (AvgIpc) is 3.22. The first-order valence-electron chi connectivity index (χ1n) is 10.1. The van der Waals surface area contributed by atoms with E-state index in [1.165, 1.54) is 57.4 Å². The van der Waals surface area contributed by atoms with Gasteiger partial charge in [0, 0.05) is 31.0 Å². The van der Waals surface area contributed by atoms with Crippen molar-refractivity contribution in [2.45, 2.75) is 50.6 Å². The Bertz CT molecular complexity index is 700. The first-order chi connectivity index (χ1) is 12.7. The predicted octanol–water partition coefficient (Wildman–Crippen LogP) is 3.54. The Labute approximate surface area is 157 Å². The van der Waals surface area contributed by atoms with Gasteiger partial charge in [0.1, 0.15) is 5.82 Å². The maximum Gasteiger partial charge on any atom is 0.105 e. The maximum atomic E-state index is 4.31. The molecule has 0 saturated carbocycles. The Morgan fingerprint density at radius 3 is 2.58 bits per heavy atom. The lowest BCUT2D eigenvalue weighted by molar-refractivity contribution is 0.0696.